The predicted molar refractivity (Wildman–Crippen MR) is 144 cm³/mol. The van der Waals surface area contributed by atoms with Gasteiger partial charge in [-0.1, -0.05) is 22.9 Å². The number of aromatic nitrogens is 1. The van der Waals surface area contributed by atoms with Crippen molar-refractivity contribution in [1.82, 2.24) is 9.88 Å². The average Bonchev–Trinajstić information content (AvgIpc) is 3.25. The van der Waals surface area contributed by atoms with Gasteiger partial charge in [-0.2, -0.15) is 0 Å². The Morgan fingerprint density at radius 3 is 2.61 bits per heavy atom. The van der Waals surface area contributed by atoms with E-state index in [1.165, 1.54) is 23.5 Å². The van der Waals surface area contributed by atoms with Gasteiger partial charge in [-0.15, -0.1) is 12.4 Å². The smallest absolute Gasteiger partial charge is 0.229 e. The summed E-state index contributed by atoms with van der Waals surface area (Å²) in [5, 5.41) is 1.12. The average molecular weight is 577 g/mol. The van der Waals surface area contributed by atoms with Gasteiger partial charge in [0.1, 0.15) is 5.82 Å². The second kappa shape index (κ2) is 12.6. The summed E-state index contributed by atoms with van der Waals surface area (Å²) in [6, 6.07) is 8.28. The first-order valence-electron chi connectivity index (χ1n) is 11.4. The zero-order chi connectivity index (χ0) is 25.0. The summed E-state index contributed by atoms with van der Waals surface area (Å²) in [6.07, 6.45) is 0.513. The molecule has 0 spiro atoms. The number of ether oxygens (including phenoxy) is 1. The SMILES string of the molecule is Cc1cc(Cl)cc2sc(N(CCCN3CCOCC3)C(=O)CCS(=O)(=O)c3ccc(F)cc3)nc12.Cl. The summed E-state index contributed by atoms with van der Waals surface area (Å²) in [5.74, 6) is -1.20. The van der Waals surface area contributed by atoms with Crippen LogP contribution in [0.1, 0.15) is 18.4 Å². The summed E-state index contributed by atoms with van der Waals surface area (Å²) in [4.78, 5) is 21.9. The van der Waals surface area contributed by atoms with E-state index < -0.39 is 15.7 Å². The van der Waals surface area contributed by atoms with Crippen LogP contribution in [0.5, 0.6) is 0 Å². The largest absolute Gasteiger partial charge is 0.379 e. The van der Waals surface area contributed by atoms with E-state index in [-0.39, 0.29) is 35.4 Å². The number of fused-ring (bicyclic) bond motifs is 1. The van der Waals surface area contributed by atoms with Crippen molar-refractivity contribution < 1.29 is 22.3 Å². The summed E-state index contributed by atoms with van der Waals surface area (Å²) in [7, 11) is -3.73. The molecule has 12 heteroatoms. The van der Waals surface area contributed by atoms with E-state index in [1.807, 2.05) is 19.1 Å². The number of morpholine rings is 1. The van der Waals surface area contributed by atoms with Crippen molar-refractivity contribution in [3.05, 3.63) is 52.8 Å². The van der Waals surface area contributed by atoms with Gasteiger partial charge in [0, 0.05) is 37.6 Å². The molecule has 7 nitrogen and oxygen atoms in total. The van der Waals surface area contributed by atoms with Crippen molar-refractivity contribution >= 4 is 66.4 Å². The first-order valence-corrected chi connectivity index (χ1v) is 14.2. The van der Waals surface area contributed by atoms with Crippen LogP contribution in [0.15, 0.2) is 41.3 Å². The van der Waals surface area contributed by atoms with Crippen molar-refractivity contribution in [2.75, 3.05) is 50.0 Å². The number of anilines is 1. The Morgan fingerprint density at radius 1 is 1.22 bits per heavy atom. The highest BCUT2D eigenvalue weighted by Crippen LogP contribution is 2.33. The maximum atomic E-state index is 13.3. The Labute approximate surface area is 225 Å². The molecule has 1 aliphatic heterocycles. The van der Waals surface area contributed by atoms with Gasteiger partial charge in [-0.05, 0) is 55.3 Å². The third kappa shape index (κ3) is 7.14. The standard InChI is InChI=1S/C24H27ClFN3O4S2.ClH/c1-17-15-18(25)16-21-23(17)27-24(34-21)29(9-2-8-28-10-12-33-13-11-28)22(30)7-14-35(31,32)20-5-3-19(26)4-6-20;/h3-6,15-16H,2,7-14H2,1H3;1H. The number of hydrogen-bond acceptors (Lipinski definition) is 7. The van der Waals surface area contributed by atoms with Gasteiger partial charge in [-0.25, -0.2) is 17.8 Å². The van der Waals surface area contributed by atoms with Gasteiger partial charge in [0.2, 0.25) is 5.91 Å². The Balaban J connectivity index is 0.00000361. The van der Waals surface area contributed by atoms with E-state index in [0.29, 0.717) is 36.3 Å². The number of rotatable bonds is 9. The van der Waals surface area contributed by atoms with Gasteiger partial charge in [0.05, 0.1) is 34.1 Å². The van der Waals surface area contributed by atoms with Crippen LogP contribution in [0.3, 0.4) is 0 Å². The minimum Gasteiger partial charge on any atom is -0.379 e. The fourth-order valence-corrected chi connectivity index (χ4v) is 6.67. The maximum Gasteiger partial charge on any atom is 0.229 e. The van der Waals surface area contributed by atoms with Gasteiger partial charge in [-0.3, -0.25) is 14.6 Å². The van der Waals surface area contributed by atoms with Crippen LogP contribution < -0.4 is 4.90 Å². The molecule has 0 saturated carbocycles. The number of carbonyl (C=O) groups excluding carboxylic acids is 1. The van der Waals surface area contributed by atoms with Gasteiger partial charge in [0.15, 0.2) is 15.0 Å². The third-order valence-electron chi connectivity index (χ3n) is 5.89. The maximum absolute atomic E-state index is 13.3. The number of sulfone groups is 1. The van der Waals surface area contributed by atoms with E-state index in [1.54, 1.807) is 4.90 Å². The van der Waals surface area contributed by atoms with Gasteiger partial charge < -0.3 is 4.74 Å². The molecule has 0 bridgehead atoms. The molecule has 1 saturated heterocycles. The van der Waals surface area contributed by atoms with E-state index in [0.717, 1.165) is 47.5 Å². The number of halogens is 3. The minimum absolute atomic E-state index is 0. The first-order chi connectivity index (χ1) is 16.7. The molecule has 36 heavy (non-hydrogen) atoms. The Morgan fingerprint density at radius 2 is 1.92 bits per heavy atom. The molecule has 1 fully saturated rings. The molecule has 196 valence electrons. The third-order valence-corrected chi connectivity index (χ3v) is 8.86. The molecule has 0 unspecified atom stereocenters. The Bertz CT molecular complexity index is 1300. The highest BCUT2D eigenvalue weighted by molar-refractivity contribution is 7.91. The quantitative estimate of drug-likeness (QED) is 0.343. The molecule has 2 heterocycles. The van der Waals surface area contributed by atoms with Crippen molar-refractivity contribution in [3.8, 4) is 0 Å². The van der Waals surface area contributed by atoms with Crippen LogP contribution in [-0.4, -0.2) is 69.4 Å². The molecule has 3 aromatic rings. The van der Waals surface area contributed by atoms with Crippen molar-refractivity contribution in [2.45, 2.75) is 24.7 Å². The second-order valence-corrected chi connectivity index (χ2v) is 12.0. The molecule has 2 aromatic carbocycles. The molecule has 4 rings (SSSR count). The minimum atomic E-state index is -3.73. The van der Waals surface area contributed by atoms with Crippen molar-refractivity contribution in [3.63, 3.8) is 0 Å². The highest BCUT2D eigenvalue weighted by Gasteiger charge is 2.24. The van der Waals surface area contributed by atoms with Crippen LogP contribution in [0.2, 0.25) is 5.02 Å². The van der Waals surface area contributed by atoms with E-state index in [9.17, 15) is 17.6 Å². The monoisotopic (exact) mass is 575 g/mol. The molecule has 1 aliphatic rings. The lowest BCUT2D eigenvalue weighted by Gasteiger charge is -2.27. The van der Waals surface area contributed by atoms with E-state index in [2.05, 4.69) is 4.90 Å². The fraction of sp³-hybridized carbons (Fsp3) is 0.417. The van der Waals surface area contributed by atoms with E-state index >= 15 is 0 Å². The predicted octanol–water partition coefficient (Wildman–Crippen LogP) is 4.74. The zero-order valence-electron chi connectivity index (χ0n) is 19.8. The molecule has 1 aromatic heterocycles. The number of nitrogens with zero attached hydrogens (tertiary/aromatic N) is 3. The normalized spacial score (nSPS) is 14.5. The molecule has 0 aliphatic carbocycles. The van der Waals surface area contributed by atoms with Gasteiger partial charge in [0.25, 0.3) is 0 Å². The first kappa shape index (κ1) is 28.7. The lowest BCUT2D eigenvalue weighted by Crippen LogP contribution is -2.39. The number of benzene rings is 2. The van der Waals surface area contributed by atoms with Gasteiger partial charge >= 0.3 is 0 Å². The topological polar surface area (TPSA) is 79.8 Å². The lowest BCUT2D eigenvalue weighted by molar-refractivity contribution is -0.118. The zero-order valence-corrected chi connectivity index (χ0v) is 23.0. The Kier molecular flexibility index (Phi) is 10.1. The highest BCUT2D eigenvalue weighted by atomic mass is 35.5. The Hall–Kier alpha value is -1.82. The van der Waals surface area contributed by atoms with Crippen LogP contribution in [0, 0.1) is 12.7 Å². The van der Waals surface area contributed by atoms with Crippen LogP contribution >= 0.6 is 35.3 Å². The number of amides is 1. The summed E-state index contributed by atoms with van der Waals surface area (Å²) < 4.78 is 44.9. The number of aryl methyl sites for hydroxylation is 1. The summed E-state index contributed by atoms with van der Waals surface area (Å²) in [6.45, 7) is 6.22. The lowest BCUT2D eigenvalue weighted by atomic mass is 10.2. The molecule has 1 amide bonds. The number of hydrogen-bond donors (Lipinski definition) is 0. The van der Waals surface area contributed by atoms with E-state index in [4.69, 9.17) is 21.3 Å². The molecular formula is C24H28Cl2FN3O4S2. The second-order valence-electron chi connectivity index (χ2n) is 8.44. The van der Waals surface area contributed by atoms with Crippen LogP contribution in [0.25, 0.3) is 10.2 Å². The molecule has 0 N–H and O–H groups in total. The summed E-state index contributed by atoms with van der Waals surface area (Å²) in [5.41, 5.74) is 1.69. The van der Waals surface area contributed by atoms with Crippen molar-refractivity contribution in [2.24, 2.45) is 0 Å². The number of carbonyl (C=O) groups is 1. The molecule has 0 atom stereocenters. The summed E-state index contributed by atoms with van der Waals surface area (Å²) >= 11 is 7.57. The number of thiazole rings is 1. The van der Waals surface area contributed by atoms with Crippen molar-refractivity contribution in [1.29, 1.82) is 0 Å². The fourth-order valence-electron chi connectivity index (χ4n) is 3.98. The molecular weight excluding hydrogens is 548 g/mol. The van der Waals surface area contributed by atoms with Crippen LogP contribution in [0.4, 0.5) is 9.52 Å². The molecule has 0 radical (unpaired) electrons. The van der Waals surface area contributed by atoms with Crippen LogP contribution in [-0.2, 0) is 19.4 Å².